The summed E-state index contributed by atoms with van der Waals surface area (Å²) in [6.45, 7) is 2.47. The fraction of sp³-hybridized carbons (Fsp3) is 0.500. The van der Waals surface area contributed by atoms with E-state index in [1.165, 1.54) is 0 Å². The van der Waals surface area contributed by atoms with Gasteiger partial charge < -0.3 is 19.5 Å². The number of ether oxygens (including phenoxy) is 3. The lowest BCUT2D eigenvalue weighted by atomic mass is 10.1. The highest BCUT2D eigenvalue weighted by molar-refractivity contribution is 7.99. The Morgan fingerprint density at radius 1 is 1.47 bits per heavy atom. The minimum Gasteiger partial charge on any atom is -0.496 e. The summed E-state index contributed by atoms with van der Waals surface area (Å²) < 4.78 is 16.8. The maximum absolute atomic E-state index is 5.76. The van der Waals surface area contributed by atoms with E-state index in [0.29, 0.717) is 5.94 Å². The molecule has 5 heteroatoms. The highest BCUT2D eigenvalue weighted by atomic mass is 32.2. The maximum Gasteiger partial charge on any atom is 0.138 e. The van der Waals surface area contributed by atoms with Gasteiger partial charge in [-0.05, 0) is 12.1 Å². The largest absolute Gasteiger partial charge is 0.496 e. The highest BCUT2D eigenvalue weighted by Gasteiger charge is 2.24. The van der Waals surface area contributed by atoms with Crippen LogP contribution in [0.3, 0.4) is 0 Å². The van der Waals surface area contributed by atoms with Crippen LogP contribution in [0, 0.1) is 0 Å². The normalized spacial score (nSPS) is 23.0. The number of hydrogen-bond acceptors (Lipinski definition) is 5. The van der Waals surface area contributed by atoms with Crippen molar-refractivity contribution in [3.05, 3.63) is 17.7 Å². The van der Waals surface area contributed by atoms with E-state index < -0.39 is 0 Å². The number of thioether (sulfide) groups is 1. The fourth-order valence-corrected chi connectivity index (χ4v) is 2.90. The summed E-state index contributed by atoms with van der Waals surface area (Å²) in [5, 5.41) is 3.33. The first-order valence-electron chi connectivity index (χ1n) is 5.68. The van der Waals surface area contributed by atoms with Crippen molar-refractivity contribution in [1.29, 1.82) is 0 Å². The quantitative estimate of drug-likeness (QED) is 0.870. The second-order valence-corrected chi connectivity index (χ2v) is 4.98. The number of nitrogens with one attached hydrogen (secondary N) is 1. The van der Waals surface area contributed by atoms with Crippen LogP contribution in [0.1, 0.15) is 11.7 Å². The van der Waals surface area contributed by atoms with Crippen LogP contribution in [0.15, 0.2) is 17.0 Å². The lowest BCUT2D eigenvalue weighted by molar-refractivity contribution is 0.0261. The number of methoxy groups -OCH3 is 1. The molecule has 1 fully saturated rings. The Bertz CT molecular complexity index is 418. The van der Waals surface area contributed by atoms with Gasteiger partial charge in [0.05, 0.1) is 24.7 Å². The molecule has 1 aromatic carbocycles. The number of benzene rings is 1. The average molecular weight is 253 g/mol. The summed E-state index contributed by atoms with van der Waals surface area (Å²) in [6.07, 6.45) is 0.0539. The highest BCUT2D eigenvalue weighted by Crippen LogP contribution is 2.42. The molecule has 0 spiro atoms. The molecular formula is C12H15NO3S. The van der Waals surface area contributed by atoms with Crippen molar-refractivity contribution < 1.29 is 14.2 Å². The van der Waals surface area contributed by atoms with E-state index in [1.807, 2.05) is 12.1 Å². The molecule has 92 valence electrons. The lowest BCUT2D eigenvalue weighted by Crippen LogP contribution is -2.33. The molecule has 0 radical (unpaired) electrons. The summed E-state index contributed by atoms with van der Waals surface area (Å²) in [7, 11) is 1.70. The monoisotopic (exact) mass is 253 g/mol. The van der Waals surface area contributed by atoms with Crippen LogP contribution in [-0.2, 0) is 4.74 Å². The van der Waals surface area contributed by atoms with Crippen LogP contribution in [0.5, 0.6) is 11.5 Å². The first-order valence-corrected chi connectivity index (χ1v) is 6.67. The molecule has 1 saturated heterocycles. The van der Waals surface area contributed by atoms with Gasteiger partial charge >= 0.3 is 0 Å². The maximum atomic E-state index is 5.76. The molecule has 1 N–H and O–H groups in total. The Morgan fingerprint density at radius 2 is 2.41 bits per heavy atom. The molecule has 0 bridgehead atoms. The van der Waals surface area contributed by atoms with Crippen molar-refractivity contribution in [2.45, 2.75) is 11.0 Å². The average Bonchev–Trinajstić information content (AvgIpc) is 2.85. The van der Waals surface area contributed by atoms with E-state index in [2.05, 4.69) is 5.32 Å². The summed E-state index contributed by atoms with van der Waals surface area (Å²) >= 11 is 1.69. The predicted molar refractivity (Wildman–Crippen MR) is 65.9 cm³/mol. The topological polar surface area (TPSA) is 39.7 Å². The van der Waals surface area contributed by atoms with Gasteiger partial charge in [0.2, 0.25) is 0 Å². The van der Waals surface area contributed by atoms with E-state index in [4.69, 9.17) is 14.2 Å². The third kappa shape index (κ3) is 2.10. The Hall–Kier alpha value is -0.910. The molecule has 2 aliphatic heterocycles. The van der Waals surface area contributed by atoms with Crippen molar-refractivity contribution in [2.75, 3.05) is 32.7 Å². The Labute approximate surface area is 105 Å². The number of rotatable bonds is 2. The van der Waals surface area contributed by atoms with E-state index in [9.17, 15) is 0 Å². The Balaban J connectivity index is 1.96. The van der Waals surface area contributed by atoms with Crippen LogP contribution in [0.4, 0.5) is 0 Å². The van der Waals surface area contributed by atoms with Gasteiger partial charge in [0.1, 0.15) is 17.4 Å². The molecule has 2 aliphatic rings. The predicted octanol–water partition coefficient (Wildman–Crippen LogP) is 1.80. The molecule has 17 heavy (non-hydrogen) atoms. The van der Waals surface area contributed by atoms with Crippen LogP contribution in [0.25, 0.3) is 0 Å². The second kappa shape index (κ2) is 4.76. The van der Waals surface area contributed by atoms with Crippen molar-refractivity contribution in [2.24, 2.45) is 0 Å². The van der Waals surface area contributed by atoms with Crippen LogP contribution < -0.4 is 14.8 Å². The van der Waals surface area contributed by atoms with Crippen molar-refractivity contribution in [3.63, 3.8) is 0 Å². The van der Waals surface area contributed by atoms with Crippen LogP contribution in [0.2, 0.25) is 0 Å². The van der Waals surface area contributed by atoms with E-state index in [0.717, 1.165) is 41.7 Å². The summed E-state index contributed by atoms with van der Waals surface area (Å²) in [4.78, 5) is 1.15. The molecule has 2 heterocycles. The molecular weight excluding hydrogens is 238 g/mol. The van der Waals surface area contributed by atoms with Crippen LogP contribution >= 0.6 is 11.8 Å². The van der Waals surface area contributed by atoms with Gasteiger partial charge in [0.15, 0.2) is 0 Å². The molecule has 1 atom stereocenters. The molecule has 1 unspecified atom stereocenters. The molecule has 0 saturated carbocycles. The number of fused-ring (bicyclic) bond motifs is 1. The molecule has 1 aromatic rings. The first-order chi connectivity index (χ1) is 8.38. The smallest absolute Gasteiger partial charge is 0.138 e. The van der Waals surface area contributed by atoms with E-state index in [1.54, 1.807) is 18.9 Å². The SMILES string of the molecule is COc1cc2c(cc1C1CNCCO1)OCS2. The van der Waals surface area contributed by atoms with E-state index in [-0.39, 0.29) is 6.10 Å². The van der Waals surface area contributed by atoms with Gasteiger partial charge in [-0.25, -0.2) is 0 Å². The van der Waals surface area contributed by atoms with Gasteiger partial charge in [-0.15, -0.1) is 0 Å². The molecule has 0 amide bonds. The third-order valence-corrected chi connectivity index (χ3v) is 3.87. The van der Waals surface area contributed by atoms with Crippen molar-refractivity contribution in [1.82, 2.24) is 5.32 Å². The van der Waals surface area contributed by atoms with Crippen molar-refractivity contribution >= 4 is 11.8 Å². The van der Waals surface area contributed by atoms with Crippen LogP contribution in [-0.4, -0.2) is 32.7 Å². The van der Waals surface area contributed by atoms with Gasteiger partial charge in [-0.1, -0.05) is 11.8 Å². The molecule has 4 nitrogen and oxygen atoms in total. The first kappa shape index (κ1) is 11.2. The van der Waals surface area contributed by atoms with Gasteiger partial charge in [0.25, 0.3) is 0 Å². The zero-order chi connectivity index (χ0) is 11.7. The summed E-state index contributed by atoms with van der Waals surface area (Å²) in [6, 6.07) is 4.09. The number of hydrogen-bond donors (Lipinski definition) is 1. The minimum absolute atomic E-state index is 0.0539. The van der Waals surface area contributed by atoms with Gasteiger partial charge in [0, 0.05) is 18.7 Å². The standard InChI is InChI=1S/C12H15NO3S/c1-14-9-5-12-10(16-7-17-12)4-8(9)11-6-13-2-3-15-11/h4-5,11,13H,2-3,6-7H2,1H3. The molecule has 0 aromatic heterocycles. The molecule has 0 aliphatic carbocycles. The lowest BCUT2D eigenvalue weighted by Gasteiger charge is -2.25. The molecule has 3 rings (SSSR count). The van der Waals surface area contributed by atoms with Gasteiger partial charge in [-0.3, -0.25) is 0 Å². The zero-order valence-electron chi connectivity index (χ0n) is 9.69. The third-order valence-electron chi connectivity index (χ3n) is 3.00. The number of morpholine rings is 1. The summed E-state index contributed by atoms with van der Waals surface area (Å²) in [5.74, 6) is 2.52. The Kier molecular flexibility index (Phi) is 3.13. The minimum atomic E-state index is 0.0539. The fourth-order valence-electron chi connectivity index (χ4n) is 2.13. The van der Waals surface area contributed by atoms with E-state index >= 15 is 0 Å². The van der Waals surface area contributed by atoms with Crippen molar-refractivity contribution in [3.8, 4) is 11.5 Å². The zero-order valence-corrected chi connectivity index (χ0v) is 10.5. The van der Waals surface area contributed by atoms with Gasteiger partial charge in [-0.2, -0.15) is 0 Å². The Morgan fingerprint density at radius 3 is 3.18 bits per heavy atom. The second-order valence-electron chi connectivity index (χ2n) is 4.01. The summed E-state index contributed by atoms with van der Waals surface area (Å²) in [5.41, 5.74) is 1.07.